The molecule has 2 unspecified atom stereocenters. The lowest BCUT2D eigenvalue weighted by Gasteiger charge is -2.21. The number of hydrogen-bond donors (Lipinski definition) is 2. The summed E-state index contributed by atoms with van der Waals surface area (Å²) in [5, 5.41) is 19.5. The van der Waals surface area contributed by atoms with Crippen LogP contribution in [-0.4, -0.2) is 43.4 Å². The molecule has 0 aromatic heterocycles. The molecule has 0 saturated heterocycles. The SMILES string of the molecule is COc1cccc(C(CO)C(=O)C(CO)c2cccc(OC)c2)c1. The lowest BCUT2D eigenvalue weighted by Crippen LogP contribution is -2.25. The van der Waals surface area contributed by atoms with Crippen molar-refractivity contribution in [3.63, 3.8) is 0 Å². The summed E-state index contributed by atoms with van der Waals surface area (Å²) >= 11 is 0. The Balaban J connectivity index is 2.33. The van der Waals surface area contributed by atoms with Crippen molar-refractivity contribution in [2.45, 2.75) is 11.8 Å². The second-order valence-electron chi connectivity index (χ2n) is 5.43. The predicted octanol–water partition coefficient (Wildman–Crippen LogP) is 2.12. The van der Waals surface area contributed by atoms with Gasteiger partial charge in [-0.15, -0.1) is 0 Å². The summed E-state index contributed by atoms with van der Waals surface area (Å²) in [4.78, 5) is 12.9. The van der Waals surface area contributed by atoms with Crippen molar-refractivity contribution in [3.05, 3.63) is 59.7 Å². The van der Waals surface area contributed by atoms with Crippen molar-refractivity contribution >= 4 is 5.78 Å². The van der Waals surface area contributed by atoms with E-state index in [4.69, 9.17) is 9.47 Å². The number of carbonyl (C=O) groups excluding carboxylic acids is 1. The third-order valence-electron chi connectivity index (χ3n) is 4.04. The molecule has 0 fully saturated rings. The number of rotatable bonds is 8. The highest BCUT2D eigenvalue weighted by Crippen LogP contribution is 2.29. The smallest absolute Gasteiger partial charge is 0.152 e. The number of carbonyl (C=O) groups is 1. The van der Waals surface area contributed by atoms with Crippen molar-refractivity contribution in [2.75, 3.05) is 27.4 Å². The first-order valence-corrected chi connectivity index (χ1v) is 7.68. The Hall–Kier alpha value is -2.37. The van der Waals surface area contributed by atoms with Gasteiger partial charge < -0.3 is 19.7 Å². The van der Waals surface area contributed by atoms with Crippen molar-refractivity contribution in [3.8, 4) is 11.5 Å². The van der Waals surface area contributed by atoms with Crippen molar-refractivity contribution in [1.29, 1.82) is 0 Å². The summed E-state index contributed by atoms with van der Waals surface area (Å²) < 4.78 is 10.3. The van der Waals surface area contributed by atoms with E-state index in [-0.39, 0.29) is 19.0 Å². The molecule has 0 spiro atoms. The number of methoxy groups -OCH3 is 2. The largest absolute Gasteiger partial charge is 0.497 e. The van der Waals surface area contributed by atoms with Gasteiger partial charge in [0.25, 0.3) is 0 Å². The Kier molecular flexibility index (Phi) is 6.35. The number of aliphatic hydroxyl groups is 2. The molecule has 5 heteroatoms. The molecule has 0 aliphatic carbocycles. The fraction of sp³-hybridized carbons (Fsp3) is 0.316. The first-order chi connectivity index (χ1) is 11.6. The van der Waals surface area contributed by atoms with Crippen LogP contribution in [0.3, 0.4) is 0 Å². The van der Waals surface area contributed by atoms with E-state index in [2.05, 4.69) is 0 Å². The van der Waals surface area contributed by atoms with Crippen LogP contribution in [-0.2, 0) is 4.79 Å². The van der Waals surface area contributed by atoms with E-state index in [0.717, 1.165) is 0 Å². The fourth-order valence-corrected chi connectivity index (χ4v) is 2.68. The van der Waals surface area contributed by atoms with E-state index < -0.39 is 11.8 Å². The van der Waals surface area contributed by atoms with E-state index in [0.29, 0.717) is 22.6 Å². The molecule has 0 saturated carbocycles. The highest BCUT2D eigenvalue weighted by atomic mass is 16.5. The van der Waals surface area contributed by atoms with Crippen LogP contribution in [0.25, 0.3) is 0 Å². The molecule has 0 aliphatic rings. The number of ether oxygens (including phenoxy) is 2. The molecule has 0 bridgehead atoms. The van der Waals surface area contributed by atoms with Gasteiger partial charge in [-0.1, -0.05) is 24.3 Å². The van der Waals surface area contributed by atoms with Crippen molar-refractivity contribution in [2.24, 2.45) is 0 Å². The average molecular weight is 330 g/mol. The van der Waals surface area contributed by atoms with Gasteiger partial charge in [-0.2, -0.15) is 0 Å². The molecule has 128 valence electrons. The molecule has 2 N–H and O–H groups in total. The molecule has 0 aliphatic heterocycles. The van der Waals surface area contributed by atoms with E-state index in [1.807, 2.05) is 0 Å². The van der Waals surface area contributed by atoms with Gasteiger partial charge >= 0.3 is 0 Å². The normalized spacial score (nSPS) is 13.2. The van der Waals surface area contributed by atoms with Crippen molar-refractivity contribution in [1.82, 2.24) is 0 Å². The van der Waals surface area contributed by atoms with Gasteiger partial charge in [-0.3, -0.25) is 4.79 Å². The highest BCUT2D eigenvalue weighted by molar-refractivity contribution is 5.92. The maximum atomic E-state index is 12.9. The number of Topliss-reactive ketones (excluding diaryl/α,β-unsaturated/α-hetero) is 1. The molecule has 0 amide bonds. The van der Waals surface area contributed by atoms with E-state index >= 15 is 0 Å². The quantitative estimate of drug-likeness (QED) is 0.775. The number of aliphatic hydroxyl groups excluding tert-OH is 2. The van der Waals surface area contributed by atoms with E-state index in [9.17, 15) is 15.0 Å². The minimum absolute atomic E-state index is 0.249. The third-order valence-corrected chi connectivity index (χ3v) is 4.04. The van der Waals surface area contributed by atoms with Crippen molar-refractivity contribution < 1.29 is 24.5 Å². The summed E-state index contributed by atoms with van der Waals surface area (Å²) in [6, 6.07) is 14.1. The number of ketones is 1. The predicted molar refractivity (Wildman–Crippen MR) is 90.6 cm³/mol. The number of hydrogen-bond acceptors (Lipinski definition) is 5. The van der Waals surface area contributed by atoms with Gasteiger partial charge in [-0.05, 0) is 35.4 Å². The average Bonchev–Trinajstić information content (AvgIpc) is 2.63. The molecule has 2 aromatic carbocycles. The summed E-state index contributed by atoms with van der Waals surface area (Å²) in [5.41, 5.74) is 1.31. The second-order valence-corrected chi connectivity index (χ2v) is 5.43. The van der Waals surface area contributed by atoms with Gasteiger partial charge in [0.2, 0.25) is 0 Å². The van der Waals surface area contributed by atoms with E-state index in [1.165, 1.54) is 0 Å². The molecule has 2 rings (SSSR count). The molecule has 0 heterocycles. The van der Waals surface area contributed by atoms with Gasteiger partial charge in [0.1, 0.15) is 11.5 Å². The van der Waals surface area contributed by atoms with Crippen LogP contribution in [0.1, 0.15) is 23.0 Å². The van der Waals surface area contributed by atoms with E-state index in [1.54, 1.807) is 62.8 Å². The van der Waals surface area contributed by atoms with Crippen LogP contribution in [0.5, 0.6) is 11.5 Å². The van der Waals surface area contributed by atoms with Crippen LogP contribution in [0, 0.1) is 0 Å². The molecular formula is C19H22O5. The Labute approximate surface area is 141 Å². The first-order valence-electron chi connectivity index (χ1n) is 7.68. The summed E-state index contributed by atoms with van der Waals surface area (Å²) in [7, 11) is 3.09. The minimum atomic E-state index is -0.733. The van der Waals surface area contributed by atoms with Gasteiger partial charge in [0.05, 0.1) is 39.3 Å². The van der Waals surface area contributed by atoms with Crippen LogP contribution < -0.4 is 9.47 Å². The molecule has 0 radical (unpaired) electrons. The molecule has 2 atom stereocenters. The summed E-state index contributed by atoms with van der Waals surface area (Å²) in [6.45, 7) is -0.682. The molecule has 5 nitrogen and oxygen atoms in total. The third kappa shape index (κ3) is 3.93. The first kappa shape index (κ1) is 18.0. The maximum absolute atomic E-state index is 12.9. The summed E-state index contributed by atoms with van der Waals surface area (Å²) in [5.74, 6) is -0.491. The zero-order valence-electron chi connectivity index (χ0n) is 13.8. The zero-order chi connectivity index (χ0) is 17.5. The minimum Gasteiger partial charge on any atom is -0.497 e. The summed E-state index contributed by atoms with van der Waals surface area (Å²) in [6.07, 6.45) is 0. The van der Waals surface area contributed by atoms with Gasteiger partial charge in [0.15, 0.2) is 5.78 Å². The Morgan fingerprint density at radius 2 is 1.29 bits per heavy atom. The lowest BCUT2D eigenvalue weighted by atomic mass is 9.84. The topological polar surface area (TPSA) is 76.0 Å². The lowest BCUT2D eigenvalue weighted by molar-refractivity contribution is -0.123. The monoisotopic (exact) mass is 330 g/mol. The standard InChI is InChI=1S/C19H22O5/c1-23-15-7-3-5-13(9-15)17(11-20)19(22)18(12-21)14-6-4-8-16(10-14)24-2/h3-10,17-18,20-21H,11-12H2,1-2H3. The Morgan fingerprint density at radius 3 is 1.62 bits per heavy atom. The highest BCUT2D eigenvalue weighted by Gasteiger charge is 2.29. The van der Waals surface area contributed by atoms with Crippen LogP contribution in [0.15, 0.2) is 48.5 Å². The van der Waals surface area contributed by atoms with Gasteiger partial charge in [-0.25, -0.2) is 0 Å². The molecule has 24 heavy (non-hydrogen) atoms. The van der Waals surface area contributed by atoms with Gasteiger partial charge in [0, 0.05) is 0 Å². The Morgan fingerprint density at radius 1 is 0.875 bits per heavy atom. The molecule has 2 aromatic rings. The number of benzene rings is 2. The zero-order valence-corrected chi connectivity index (χ0v) is 13.8. The van der Waals surface area contributed by atoms with Crippen LogP contribution in [0.4, 0.5) is 0 Å². The Bertz CT molecular complexity index is 625. The molecular weight excluding hydrogens is 308 g/mol. The van der Waals surface area contributed by atoms with Crippen LogP contribution in [0.2, 0.25) is 0 Å². The maximum Gasteiger partial charge on any atom is 0.152 e. The second kappa shape index (κ2) is 8.47. The van der Waals surface area contributed by atoms with Crippen LogP contribution >= 0.6 is 0 Å². The fourth-order valence-electron chi connectivity index (χ4n) is 2.68.